The summed E-state index contributed by atoms with van der Waals surface area (Å²) in [6.45, 7) is 0.756. The lowest BCUT2D eigenvalue weighted by Gasteiger charge is -2.34. The number of nitrogens with zero attached hydrogens (tertiary/aromatic N) is 1. The molecule has 8 heteroatoms. The van der Waals surface area contributed by atoms with Gasteiger partial charge in [-0.05, 0) is 30.9 Å². The third kappa shape index (κ3) is 3.16. The van der Waals surface area contributed by atoms with Crippen LogP contribution in [0.25, 0.3) is 0 Å². The van der Waals surface area contributed by atoms with Gasteiger partial charge in [0.25, 0.3) is 9.84 Å². The Kier molecular flexibility index (Phi) is 4.48. The molecular formula is C13H16F3NO3S. The minimum Gasteiger partial charge on any atom is -0.396 e. The van der Waals surface area contributed by atoms with Crippen molar-refractivity contribution in [3.05, 3.63) is 24.3 Å². The molecule has 4 nitrogen and oxygen atoms in total. The molecule has 21 heavy (non-hydrogen) atoms. The first-order valence-corrected chi connectivity index (χ1v) is 8.02. The van der Waals surface area contributed by atoms with E-state index < -0.39 is 20.2 Å². The maximum atomic E-state index is 12.8. The quantitative estimate of drug-likeness (QED) is 0.926. The molecule has 0 spiro atoms. The van der Waals surface area contributed by atoms with Crippen LogP contribution in [-0.2, 0) is 9.84 Å². The molecule has 1 N–H and O–H groups in total. The van der Waals surface area contributed by atoms with E-state index in [9.17, 15) is 26.7 Å². The molecule has 1 atom stereocenters. The summed E-state index contributed by atoms with van der Waals surface area (Å²) in [4.78, 5) is 0.874. The van der Waals surface area contributed by atoms with Gasteiger partial charge in [0.2, 0.25) is 0 Å². The van der Waals surface area contributed by atoms with E-state index in [4.69, 9.17) is 0 Å². The number of alkyl halides is 3. The average molecular weight is 323 g/mol. The highest BCUT2D eigenvalue weighted by molar-refractivity contribution is 7.92. The first-order chi connectivity index (χ1) is 9.77. The second kappa shape index (κ2) is 5.84. The van der Waals surface area contributed by atoms with Gasteiger partial charge in [-0.1, -0.05) is 12.1 Å². The topological polar surface area (TPSA) is 57.6 Å². The standard InChI is InChI=1S/C13H16F3NO3S/c14-13(15,16)21(19,20)12-6-2-1-5-11(12)17-7-3-4-10(8-17)9-18/h1-2,5-6,10,18H,3-4,7-9H2/t10-/m0/s1. The number of rotatable bonds is 3. The summed E-state index contributed by atoms with van der Waals surface area (Å²) < 4.78 is 61.6. The SMILES string of the molecule is O=S(=O)(c1ccccc1N1CCC[C@H](CO)C1)C(F)(F)F. The van der Waals surface area contributed by atoms with E-state index in [0.29, 0.717) is 19.5 Å². The molecule has 1 aliphatic rings. The molecule has 0 saturated carbocycles. The predicted molar refractivity (Wildman–Crippen MR) is 71.7 cm³/mol. The number of benzene rings is 1. The number of aliphatic hydroxyl groups excluding tert-OH is 1. The summed E-state index contributed by atoms with van der Waals surface area (Å²) in [6.07, 6.45) is 1.48. The molecule has 0 unspecified atom stereocenters. The molecule has 118 valence electrons. The monoisotopic (exact) mass is 323 g/mol. The predicted octanol–water partition coefficient (Wildman–Crippen LogP) is 2.19. The first-order valence-electron chi connectivity index (χ1n) is 6.53. The Morgan fingerprint density at radius 2 is 1.95 bits per heavy atom. The minimum atomic E-state index is -5.38. The van der Waals surface area contributed by atoms with E-state index in [1.165, 1.54) is 18.2 Å². The smallest absolute Gasteiger partial charge is 0.396 e. The first kappa shape index (κ1) is 16.1. The molecular weight excluding hydrogens is 307 g/mol. The van der Waals surface area contributed by atoms with Crippen LogP contribution in [0.3, 0.4) is 0 Å². The van der Waals surface area contributed by atoms with Crippen molar-refractivity contribution in [2.75, 3.05) is 24.6 Å². The van der Waals surface area contributed by atoms with Crippen LogP contribution in [0.2, 0.25) is 0 Å². The van der Waals surface area contributed by atoms with Crippen molar-refractivity contribution in [1.29, 1.82) is 0 Å². The minimum absolute atomic E-state index is 0.0491. The van der Waals surface area contributed by atoms with Gasteiger partial charge in [-0.25, -0.2) is 8.42 Å². The number of hydrogen-bond acceptors (Lipinski definition) is 4. The zero-order valence-electron chi connectivity index (χ0n) is 11.2. The number of para-hydroxylation sites is 1. The molecule has 0 radical (unpaired) electrons. The number of aliphatic hydroxyl groups is 1. The Morgan fingerprint density at radius 3 is 2.57 bits per heavy atom. The van der Waals surface area contributed by atoms with Crippen LogP contribution in [0.5, 0.6) is 0 Å². The number of hydrogen-bond donors (Lipinski definition) is 1. The third-order valence-electron chi connectivity index (χ3n) is 3.58. The van der Waals surface area contributed by atoms with Crippen molar-refractivity contribution in [2.45, 2.75) is 23.2 Å². The zero-order chi connectivity index (χ0) is 15.7. The Balaban J connectivity index is 2.43. The average Bonchev–Trinajstić information content (AvgIpc) is 2.46. The maximum Gasteiger partial charge on any atom is 0.501 e. The summed E-state index contributed by atoms with van der Waals surface area (Å²) in [5.74, 6) is -0.0552. The van der Waals surface area contributed by atoms with E-state index in [1.54, 1.807) is 4.90 Å². The molecule has 1 heterocycles. The van der Waals surface area contributed by atoms with Gasteiger partial charge >= 0.3 is 5.51 Å². The molecule has 1 aromatic rings. The van der Waals surface area contributed by atoms with Crippen molar-refractivity contribution < 1.29 is 26.7 Å². The lowest BCUT2D eigenvalue weighted by molar-refractivity contribution is -0.0435. The second-order valence-electron chi connectivity index (χ2n) is 5.05. The van der Waals surface area contributed by atoms with Gasteiger partial charge in [0.15, 0.2) is 0 Å². The fraction of sp³-hybridized carbons (Fsp3) is 0.538. The normalized spacial score (nSPS) is 20.6. The fourth-order valence-electron chi connectivity index (χ4n) is 2.50. The molecule has 0 amide bonds. The molecule has 1 aliphatic heterocycles. The van der Waals surface area contributed by atoms with Crippen LogP contribution < -0.4 is 4.90 Å². The Morgan fingerprint density at radius 1 is 1.29 bits per heavy atom. The Labute approximate surface area is 121 Å². The van der Waals surface area contributed by atoms with Gasteiger partial charge in [-0.3, -0.25) is 0 Å². The summed E-state index contributed by atoms with van der Waals surface area (Å²) in [5.41, 5.74) is -5.28. The Hall–Kier alpha value is -1.28. The van der Waals surface area contributed by atoms with Gasteiger partial charge in [-0.15, -0.1) is 0 Å². The van der Waals surface area contributed by atoms with Crippen LogP contribution in [0, 0.1) is 5.92 Å². The fourth-order valence-corrected chi connectivity index (χ4v) is 3.48. The van der Waals surface area contributed by atoms with Gasteiger partial charge in [0.05, 0.1) is 10.6 Å². The van der Waals surface area contributed by atoms with Crippen molar-refractivity contribution in [1.82, 2.24) is 0 Å². The number of halogens is 3. The molecule has 1 aromatic carbocycles. The van der Waals surface area contributed by atoms with Gasteiger partial charge < -0.3 is 10.0 Å². The lowest BCUT2D eigenvalue weighted by Crippen LogP contribution is -2.38. The van der Waals surface area contributed by atoms with Gasteiger partial charge in [0, 0.05) is 19.7 Å². The highest BCUT2D eigenvalue weighted by atomic mass is 32.2. The van der Waals surface area contributed by atoms with E-state index >= 15 is 0 Å². The van der Waals surface area contributed by atoms with Crippen molar-refractivity contribution in [2.24, 2.45) is 5.92 Å². The molecule has 1 saturated heterocycles. The van der Waals surface area contributed by atoms with Crippen LogP contribution >= 0.6 is 0 Å². The van der Waals surface area contributed by atoms with Crippen LogP contribution in [-0.4, -0.2) is 38.7 Å². The summed E-state index contributed by atoms with van der Waals surface area (Å²) in [7, 11) is -5.38. The number of anilines is 1. The molecule has 0 aliphatic carbocycles. The van der Waals surface area contributed by atoms with Gasteiger partial charge in [0.1, 0.15) is 0 Å². The highest BCUT2D eigenvalue weighted by Crippen LogP contribution is 2.36. The van der Waals surface area contributed by atoms with Crippen molar-refractivity contribution >= 4 is 15.5 Å². The third-order valence-corrected chi connectivity index (χ3v) is 5.11. The number of sulfone groups is 1. The summed E-state index contributed by atoms with van der Waals surface area (Å²) in [6, 6.07) is 5.13. The van der Waals surface area contributed by atoms with E-state index in [0.717, 1.165) is 12.5 Å². The Bertz CT molecular complexity index is 601. The zero-order valence-corrected chi connectivity index (χ0v) is 12.0. The van der Waals surface area contributed by atoms with E-state index in [-0.39, 0.29) is 18.2 Å². The molecule has 1 fully saturated rings. The van der Waals surface area contributed by atoms with Gasteiger partial charge in [-0.2, -0.15) is 13.2 Å². The number of piperidine rings is 1. The van der Waals surface area contributed by atoms with Crippen LogP contribution in [0.15, 0.2) is 29.2 Å². The lowest BCUT2D eigenvalue weighted by atomic mass is 9.98. The van der Waals surface area contributed by atoms with E-state index in [2.05, 4.69) is 0 Å². The highest BCUT2D eigenvalue weighted by Gasteiger charge is 2.48. The summed E-state index contributed by atoms with van der Waals surface area (Å²) >= 11 is 0. The van der Waals surface area contributed by atoms with Crippen LogP contribution in [0.4, 0.5) is 18.9 Å². The van der Waals surface area contributed by atoms with Crippen molar-refractivity contribution in [3.63, 3.8) is 0 Å². The maximum absolute atomic E-state index is 12.8. The van der Waals surface area contributed by atoms with Crippen molar-refractivity contribution in [3.8, 4) is 0 Å². The second-order valence-corrected chi connectivity index (χ2v) is 6.96. The van der Waals surface area contributed by atoms with E-state index in [1.807, 2.05) is 0 Å². The molecule has 0 aromatic heterocycles. The largest absolute Gasteiger partial charge is 0.501 e. The molecule has 0 bridgehead atoms. The summed E-state index contributed by atoms with van der Waals surface area (Å²) in [5, 5.41) is 9.19. The molecule has 2 rings (SSSR count). The van der Waals surface area contributed by atoms with Crippen LogP contribution in [0.1, 0.15) is 12.8 Å².